The van der Waals surface area contributed by atoms with Crippen LogP contribution in [0.4, 0.5) is 5.82 Å². The molecule has 0 aliphatic heterocycles. The molecular weight excluding hydrogens is 318 g/mol. The summed E-state index contributed by atoms with van der Waals surface area (Å²) in [4.78, 5) is 15.9. The largest absolute Gasteiger partial charge is 0.358 e. The third kappa shape index (κ3) is 4.82. The van der Waals surface area contributed by atoms with Crippen LogP contribution in [0.5, 0.6) is 0 Å². The third-order valence-corrected chi connectivity index (χ3v) is 3.05. The summed E-state index contributed by atoms with van der Waals surface area (Å²) in [7, 11) is 0. The van der Waals surface area contributed by atoms with Crippen LogP contribution in [0.2, 0.25) is 5.02 Å². The first kappa shape index (κ1) is 15.2. The molecular formula is C12H17BrClN3O. The van der Waals surface area contributed by atoms with Gasteiger partial charge in [-0.3, -0.25) is 4.79 Å². The number of pyridine rings is 1. The second-order valence-electron chi connectivity index (χ2n) is 4.49. The summed E-state index contributed by atoms with van der Waals surface area (Å²) in [5.74, 6) is 0.987. The molecule has 1 aromatic heterocycles. The fraction of sp³-hybridized carbons (Fsp3) is 0.500. The van der Waals surface area contributed by atoms with Crippen LogP contribution in [0.1, 0.15) is 20.8 Å². The zero-order chi connectivity index (χ0) is 13.7. The monoisotopic (exact) mass is 333 g/mol. The Morgan fingerprint density at radius 3 is 2.72 bits per heavy atom. The summed E-state index contributed by atoms with van der Waals surface area (Å²) in [6.07, 6.45) is 1.54. The molecule has 1 aromatic rings. The van der Waals surface area contributed by atoms with Gasteiger partial charge in [0.15, 0.2) is 0 Å². The predicted octanol–water partition coefficient (Wildman–Crippen LogP) is 3.07. The van der Waals surface area contributed by atoms with Crippen LogP contribution in [-0.2, 0) is 4.79 Å². The van der Waals surface area contributed by atoms with Gasteiger partial charge in [-0.2, -0.15) is 0 Å². The van der Waals surface area contributed by atoms with Gasteiger partial charge in [0.1, 0.15) is 11.9 Å². The van der Waals surface area contributed by atoms with Crippen LogP contribution >= 0.6 is 27.5 Å². The second kappa shape index (κ2) is 6.95. The van der Waals surface area contributed by atoms with Crippen molar-refractivity contribution in [3.63, 3.8) is 0 Å². The van der Waals surface area contributed by atoms with E-state index in [1.807, 2.05) is 0 Å². The molecule has 0 fully saturated rings. The predicted molar refractivity (Wildman–Crippen MR) is 77.9 cm³/mol. The number of carbonyl (C=O) groups is 1. The highest BCUT2D eigenvalue weighted by Crippen LogP contribution is 2.23. The minimum absolute atomic E-state index is 0.0487. The van der Waals surface area contributed by atoms with Gasteiger partial charge in [-0.25, -0.2) is 4.98 Å². The summed E-state index contributed by atoms with van der Waals surface area (Å²) in [5.41, 5.74) is 0. The number of halogens is 2. The van der Waals surface area contributed by atoms with Crippen LogP contribution in [0.15, 0.2) is 16.7 Å². The van der Waals surface area contributed by atoms with Crippen molar-refractivity contribution in [2.45, 2.75) is 26.8 Å². The zero-order valence-electron chi connectivity index (χ0n) is 10.6. The molecule has 0 aliphatic carbocycles. The van der Waals surface area contributed by atoms with Crippen molar-refractivity contribution < 1.29 is 4.79 Å². The molecule has 1 atom stereocenters. The first-order chi connectivity index (χ1) is 8.40. The van der Waals surface area contributed by atoms with E-state index in [1.54, 1.807) is 13.0 Å². The van der Waals surface area contributed by atoms with Gasteiger partial charge in [-0.15, -0.1) is 0 Å². The molecule has 1 heterocycles. The lowest BCUT2D eigenvalue weighted by molar-refractivity contribution is -0.121. The van der Waals surface area contributed by atoms with Gasteiger partial charge in [0, 0.05) is 12.7 Å². The summed E-state index contributed by atoms with van der Waals surface area (Å²) in [6.45, 7) is 6.56. The molecule has 6 heteroatoms. The van der Waals surface area contributed by atoms with E-state index in [0.717, 1.165) is 4.47 Å². The van der Waals surface area contributed by atoms with Crippen LogP contribution in [0.25, 0.3) is 0 Å². The van der Waals surface area contributed by atoms with E-state index < -0.39 is 0 Å². The Labute approximate surface area is 121 Å². The molecule has 0 radical (unpaired) electrons. The van der Waals surface area contributed by atoms with E-state index in [-0.39, 0.29) is 11.9 Å². The number of nitrogens with one attached hydrogen (secondary N) is 2. The molecule has 0 saturated carbocycles. The van der Waals surface area contributed by atoms with E-state index >= 15 is 0 Å². The molecule has 18 heavy (non-hydrogen) atoms. The number of aromatic nitrogens is 1. The van der Waals surface area contributed by atoms with E-state index in [9.17, 15) is 4.79 Å². The third-order valence-electron chi connectivity index (χ3n) is 2.24. The van der Waals surface area contributed by atoms with Crippen molar-refractivity contribution in [1.82, 2.24) is 10.3 Å². The molecule has 1 rings (SSSR count). The molecule has 1 amide bonds. The smallest absolute Gasteiger partial charge is 0.242 e. The minimum Gasteiger partial charge on any atom is -0.358 e. The Balaban J connectivity index is 2.58. The normalized spacial score (nSPS) is 12.3. The number of nitrogens with zero attached hydrogens (tertiary/aromatic N) is 1. The molecule has 0 saturated heterocycles. The van der Waals surface area contributed by atoms with E-state index in [0.29, 0.717) is 23.3 Å². The van der Waals surface area contributed by atoms with E-state index in [1.165, 1.54) is 6.20 Å². The average molecular weight is 335 g/mol. The molecule has 2 N–H and O–H groups in total. The first-order valence-electron chi connectivity index (χ1n) is 5.75. The van der Waals surface area contributed by atoms with Gasteiger partial charge in [-0.1, -0.05) is 25.4 Å². The number of carbonyl (C=O) groups excluding carboxylic acids is 1. The standard InChI is InChI=1S/C12H17BrClN3O/c1-7(2)5-16-12(18)8(3)17-11-10(13)4-9(14)6-15-11/h4,6-8H,5H2,1-3H3,(H,15,17)(H,16,18). The second-order valence-corrected chi connectivity index (χ2v) is 5.78. The highest BCUT2D eigenvalue weighted by atomic mass is 79.9. The molecule has 0 spiro atoms. The minimum atomic E-state index is -0.353. The van der Waals surface area contributed by atoms with Crippen molar-refractivity contribution in [2.24, 2.45) is 5.92 Å². The molecule has 0 bridgehead atoms. The van der Waals surface area contributed by atoms with Crippen molar-refractivity contribution in [2.75, 3.05) is 11.9 Å². The molecule has 0 aliphatic rings. The maximum Gasteiger partial charge on any atom is 0.242 e. The zero-order valence-corrected chi connectivity index (χ0v) is 13.0. The van der Waals surface area contributed by atoms with E-state index in [2.05, 4.69) is 45.4 Å². The molecule has 1 unspecified atom stereocenters. The lowest BCUT2D eigenvalue weighted by Gasteiger charge is -2.16. The Hall–Kier alpha value is -0.810. The average Bonchev–Trinajstić information content (AvgIpc) is 2.29. The van der Waals surface area contributed by atoms with E-state index in [4.69, 9.17) is 11.6 Å². The topological polar surface area (TPSA) is 54.0 Å². The lowest BCUT2D eigenvalue weighted by Crippen LogP contribution is -2.39. The summed E-state index contributed by atoms with van der Waals surface area (Å²) in [5, 5.41) is 6.44. The molecule has 100 valence electrons. The Kier molecular flexibility index (Phi) is 5.88. The lowest BCUT2D eigenvalue weighted by atomic mass is 10.2. The number of anilines is 1. The van der Waals surface area contributed by atoms with Crippen molar-refractivity contribution in [3.05, 3.63) is 21.8 Å². The maximum absolute atomic E-state index is 11.8. The van der Waals surface area contributed by atoms with Crippen LogP contribution < -0.4 is 10.6 Å². The fourth-order valence-corrected chi connectivity index (χ4v) is 2.00. The Morgan fingerprint density at radius 1 is 1.50 bits per heavy atom. The maximum atomic E-state index is 11.8. The van der Waals surface area contributed by atoms with Gasteiger partial charge in [0.25, 0.3) is 0 Å². The van der Waals surface area contributed by atoms with Crippen molar-refractivity contribution in [3.8, 4) is 0 Å². The Morgan fingerprint density at radius 2 is 2.17 bits per heavy atom. The van der Waals surface area contributed by atoms with Gasteiger partial charge in [-0.05, 0) is 34.8 Å². The van der Waals surface area contributed by atoms with Crippen LogP contribution in [0.3, 0.4) is 0 Å². The highest BCUT2D eigenvalue weighted by molar-refractivity contribution is 9.10. The number of hydrogen-bond donors (Lipinski definition) is 2. The van der Waals surface area contributed by atoms with Gasteiger partial charge in [0.2, 0.25) is 5.91 Å². The van der Waals surface area contributed by atoms with Gasteiger partial charge >= 0.3 is 0 Å². The SMILES string of the molecule is CC(C)CNC(=O)C(C)Nc1ncc(Cl)cc1Br. The molecule has 0 aromatic carbocycles. The van der Waals surface area contributed by atoms with Gasteiger partial charge < -0.3 is 10.6 Å². The summed E-state index contributed by atoms with van der Waals surface area (Å²) >= 11 is 9.15. The number of amides is 1. The van der Waals surface area contributed by atoms with Crippen molar-refractivity contribution in [1.29, 1.82) is 0 Å². The van der Waals surface area contributed by atoms with Gasteiger partial charge in [0.05, 0.1) is 9.50 Å². The summed E-state index contributed by atoms with van der Waals surface area (Å²) < 4.78 is 0.735. The highest BCUT2D eigenvalue weighted by Gasteiger charge is 2.14. The quantitative estimate of drug-likeness (QED) is 0.870. The Bertz CT molecular complexity index is 426. The van der Waals surface area contributed by atoms with Crippen LogP contribution in [0, 0.1) is 5.92 Å². The first-order valence-corrected chi connectivity index (χ1v) is 6.92. The number of hydrogen-bond acceptors (Lipinski definition) is 3. The van der Waals surface area contributed by atoms with Crippen molar-refractivity contribution >= 4 is 39.3 Å². The number of rotatable bonds is 5. The summed E-state index contributed by atoms with van der Waals surface area (Å²) in [6, 6.07) is 1.38. The van der Waals surface area contributed by atoms with Crippen LogP contribution in [-0.4, -0.2) is 23.5 Å². The fourth-order valence-electron chi connectivity index (χ4n) is 1.25. The molecule has 4 nitrogen and oxygen atoms in total.